The zero-order valence-corrected chi connectivity index (χ0v) is 17.2. The Morgan fingerprint density at radius 1 is 1.07 bits per heavy atom. The van der Waals surface area contributed by atoms with Crippen LogP contribution in [0.5, 0.6) is 0 Å². The van der Waals surface area contributed by atoms with Crippen molar-refractivity contribution in [1.82, 2.24) is 10.2 Å². The number of nitrogens with one attached hydrogen (secondary N) is 1. The van der Waals surface area contributed by atoms with E-state index < -0.39 is 6.04 Å². The van der Waals surface area contributed by atoms with E-state index in [4.69, 9.17) is 11.6 Å². The first-order valence-electron chi connectivity index (χ1n) is 8.94. The second-order valence-electron chi connectivity index (χ2n) is 6.20. The Balaban J connectivity index is 2.03. The molecular formula is C21H25ClN2O2S. The summed E-state index contributed by atoms with van der Waals surface area (Å²) in [4.78, 5) is 26.8. The molecule has 2 rings (SSSR count). The summed E-state index contributed by atoms with van der Waals surface area (Å²) >= 11 is 7.50. The first-order valence-corrected chi connectivity index (χ1v) is 10.5. The Bertz CT molecular complexity index is 738. The maximum Gasteiger partial charge on any atom is 0.242 e. The van der Waals surface area contributed by atoms with Gasteiger partial charge in [-0.2, -0.15) is 0 Å². The van der Waals surface area contributed by atoms with E-state index in [1.54, 1.807) is 35.7 Å². The Kier molecular flexibility index (Phi) is 8.69. The van der Waals surface area contributed by atoms with E-state index in [0.717, 1.165) is 11.3 Å². The summed E-state index contributed by atoms with van der Waals surface area (Å²) in [7, 11) is 0. The average molecular weight is 405 g/mol. The zero-order chi connectivity index (χ0) is 19.6. The van der Waals surface area contributed by atoms with Gasteiger partial charge in [0, 0.05) is 23.9 Å². The third kappa shape index (κ3) is 6.92. The molecule has 0 fully saturated rings. The second kappa shape index (κ2) is 11.0. The number of rotatable bonds is 9. The van der Waals surface area contributed by atoms with E-state index in [1.807, 2.05) is 49.4 Å². The number of thioether (sulfide) groups is 1. The molecule has 0 aliphatic carbocycles. The summed E-state index contributed by atoms with van der Waals surface area (Å²) in [6.07, 6.45) is 0. The predicted molar refractivity (Wildman–Crippen MR) is 113 cm³/mol. The summed E-state index contributed by atoms with van der Waals surface area (Å²) in [5, 5.41) is 3.44. The number of halogens is 1. The highest BCUT2D eigenvalue weighted by molar-refractivity contribution is 7.99. The third-order valence-electron chi connectivity index (χ3n) is 4.12. The van der Waals surface area contributed by atoms with Gasteiger partial charge in [0.05, 0.1) is 5.75 Å². The predicted octanol–water partition coefficient (Wildman–Crippen LogP) is 4.13. The van der Waals surface area contributed by atoms with Gasteiger partial charge in [0.25, 0.3) is 0 Å². The van der Waals surface area contributed by atoms with E-state index in [0.29, 0.717) is 23.9 Å². The van der Waals surface area contributed by atoms with Crippen LogP contribution in [-0.2, 0) is 21.9 Å². The fourth-order valence-electron chi connectivity index (χ4n) is 2.60. The lowest BCUT2D eigenvalue weighted by atomic mass is 10.1. The lowest BCUT2D eigenvalue weighted by Crippen LogP contribution is -2.48. The van der Waals surface area contributed by atoms with Crippen molar-refractivity contribution in [2.24, 2.45) is 0 Å². The van der Waals surface area contributed by atoms with E-state index in [9.17, 15) is 9.59 Å². The highest BCUT2D eigenvalue weighted by Crippen LogP contribution is 2.17. The van der Waals surface area contributed by atoms with Crippen LogP contribution in [-0.4, -0.2) is 35.1 Å². The summed E-state index contributed by atoms with van der Waals surface area (Å²) < 4.78 is 0. The van der Waals surface area contributed by atoms with Crippen LogP contribution in [0.2, 0.25) is 5.02 Å². The summed E-state index contributed by atoms with van der Waals surface area (Å²) in [5.74, 6) is 0.890. The maximum atomic E-state index is 12.9. The molecule has 0 aliphatic rings. The number of amides is 2. The highest BCUT2D eigenvalue weighted by atomic mass is 35.5. The van der Waals surface area contributed by atoms with Crippen molar-refractivity contribution >= 4 is 35.2 Å². The highest BCUT2D eigenvalue weighted by Gasteiger charge is 2.25. The first kappa shape index (κ1) is 21.3. The minimum Gasteiger partial charge on any atom is -0.355 e. The van der Waals surface area contributed by atoms with E-state index in [1.165, 1.54) is 5.56 Å². The molecule has 1 atom stereocenters. The summed E-state index contributed by atoms with van der Waals surface area (Å²) in [5.41, 5.74) is 2.12. The largest absolute Gasteiger partial charge is 0.355 e. The fraction of sp³-hybridized carbons (Fsp3) is 0.333. The Morgan fingerprint density at radius 2 is 1.74 bits per heavy atom. The third-order valence-corrected chi connectivity index (χ3v) is 5.36. The van der Waals surface area contributed by atoms with Gasteiger partial charge < -0.3 is 10.2 Å². The van der Waals surface area contributed by atoms with Crippen molar-refractivity contribution in [2.75, 3.05) is 12.3 Å². The van der Waals surface area contributed by atoms with Gasteiger partial charge in [-0.25, -0.2) is 0 Å². The maximum absolute atomic E-state index is 12.9. The van der Waals surface area contributed by atoms with Gasteiger partial charge >= 0.3 is 0 Å². The first-order chi connectivity index (χ1) is 13.0. The standard InChI is InChI=1S/C21H25ClN2O2S/c1-3-23-21(26)16(2)24(13-17-9-11-19(22)12-10-17)20(25)15-27-14-18-7-5-4-6-8-18/h4-12,16H,3,13-15H2,1-2H3,(H,23,26)/t16-/m1/s1. The van der Waals surface area contributed by atoms with E-state index in [2.05, 4.69) is 5.32 Å². The van der Waals surface area contributed by atoms with Crippen LogP contribution >= 0.6 is 23.4 Å². The smallest absolute Gasteiger partial charge is 0.242 e. The van der Waals surface area contributed by atoms with Crippen molar-refractivity contribution < 1.29 is 9.59 Å². The van der Waals surface area contributed by atoms with Crippen LogP contribution in [0.15, 0.2) is 54.6 Å². The molecule has 4 nitrogen and oxygen atoms in total. The topological polar surface area (TPSA) is 49.4 Å². The second-order valence-corrected chi connectivity index (χ2v) is 7.62. The van der Waals surface area contributed by atoms with Gasteiger partial charge in [-0.05, 0) is 37.1 Å². The minimum absolute atomic E-state index is 0.0513. The van der Waals surface area contributed by atoms with Crippen LogP contribution in [0.3, 0.4) is 0 Å². The number of hydrogen-bond acceptors (Lipinski definition) is 3. The number of nitrogens with zero attached hydrogens (tertiary/aromatic N) is 1. The molecular weight excluding hydrogens is 380 g/mol. The molecule has 2 aromatic carbocycles. The molecule has 0 saturated heterocycles. The molecule has 1 N–H and O–H groups in total. The van der Waals surface area contributed by atoms with Crippen LogP contribution in [0, 0.1) is 0 Å². The number of carbonyl (C=O) groups is 2. The molecule has 2 amide bonds. The average Bonchev–Trinajstić information content (AvgIpc) is 2.68. The van der Waals surface area contributed by atoms with E-state index >= 15 is 0 Å². The molecule has 144 valence electrons. The zero-order valence-electron chi connectivity index (χ0n) is 15.7. The Morgan fingerprint density at radius 3 is 2.37 bits per heavy atom. The molecule has 0 aliphatic heterocycles. The quantitative estimate of drug-likeness (QED) is 0.683. The normalized spacial score (nSPS) is 11.7. The number of benzene rings is 2. The summed E-state index contributed by atoms with van der Waals surface area (Å²) in [6, 6.07) is 16.8. The van der Waals surface area contributed by atoms with Crippen LogP contribution in [0.25, 0.3) is 0 Å². The number of likely N-dealkylation sites (N-methyl/N-ethyl adjacent to an activating group) is 1. The van der Waals surface area contributed by atoms with Gasteiger partial charge in [-0.15, -0.1) is 11.8 Å². The molecule has 6 heteroatoms. The number of carbonyl (C=O) groups excluding carboxylic acids is 2. The van der Waals surface area contributed by atoms with Crippen molar-refractivity contribution in [3.63, 3.8) is 0 Å². The van der Waals surface area contributed by atoms with Gasteiger partial charge in [0.1, 0.15) is 6.04 Å². The molecule has 0 unspecified atom stereocenters. The molecule has 2 aromatic rings. The van der Waals surface area contributed by atoms with Crippen LogP contribution in [0.1, 0.15) is 25.0 Å². The monoisotopic (exact) mass is 404 g/mol. The van der Waals surface area contributed by atoms with Crippen molar-refractivity contribution in [3.8, 4) is 0 Å². The minimum atomic E-state index is -0.537. The van der Waals surface area contributed by atoms with Crippen LogP contribution < -0.4 is 5.32 Å². The van der Waals surface area contributed by atoms with Gasteiger partial charge in [0.2, 0.25) is 11.8 Å². The van der Waals surface area contributed by atoms with Crippen molar-refractivity contribution in [2.45, 2.75) is 32.2 Å². The molecule has 0 aromatic heterocycles. The molecule has 0 saturated carbocycles. The SMILES string of the molecule is CCNC(=O)[C@@H](C)N(Cc1ccc(Cl)cc1)C(=O)CSCc1ccccc1. The van der Waals surface area contributed by atoms with E-state index in [-0.39, 0.29) is 11.8 Å². The lowest BCUT2D eigenvalue weighted by Gasteiger charge is -2.28. The molecule has 0 radical (unpaired) electrons. The molecule has 27 heavy (non-hydrogen) atoms. The Labute approximate surface area is 170 Å². The molecule has 0 spiro atoms. The molecule has 0 bridgehead atoms. The summed E-state index contributed by atoms with van der Waals surface area (Å²) in [6.45, 7) is 4.54. The van der Waals surface area contributed by atoms with Gasteiger partial charge in [-0.3, -0.25) is 9.59 Å². The van der Waals surface area contributed by atoms with Gasteiger partial charge in [-0.1, -0.05) is 54.1 Å². The van der Waals surface area contributed by atoms with Crippen LogP contribution in [0.4, 0.5) is 0 Å². The van der Waals surface area contributed by atoms with Gasteiger partial charge in [0.15, 0.2) is 0 Å². The van der Waals surface area contributed by atoms with Crippen molar-refractivity contribution in [1.29, 1.82) is 0 Å². The fourth-order valence-corrected chi connectivity index (χ4v) is 3.60. The number of hydrogen-bond donors (Lipinski definition) is 1. The Hall–Kier alpha value is -1.98. The van der Waals surface area contributed by atoms with Crippen molar-refractivity contribution in [3.05, 3.63) is 70.7 Å². The lowest BCUT2D eigenvalue weighted by molar-refractivity contribution is -0.138. The molecule has 0 heterocycles.